The smallest absolute Gasteiger partial charge is 0.171 e. The minimum atomic E-state index is -0.584. The second kappa shape index (κ2) is 6.81. The third-order valence-electron chi connectivity index (χ3n) is 11.4. The van der Waals surface area contributed by atoms with Crippen LogP contribution in [0.5, 0.6) is 0 Å². The highest BCUT2D eigenvalue weighted by Gasteiger charge is 2.68. The van der Waals surface area contributed by atoms with Crippen LogP contribution in [0.15, 0.2) is 11.6 Å². The number of hydrogen-bond acceptors (Lipinski definition) is 4. The van der Waals surface area contributed by atoms with Gasteiger partial charge in [0.15, 0.2) is 5.79 Å². The van der Waals surface area contributed by atoms with E-state index < -0.39 is 12.2 Å². The Labute approximate surface area is 187 Å². The van der Waals surface area contributed by atoms with Crippen molar-refractivity contribution in [2.75, 3.05) is 6.61 Å². The van der Waals surface area contributed by atoms with Crippen LogP contribution in [0, 0.1) is 46.3 Å². The first-order valence-corrected chi connectivity index (χ1v) is 13.1. The summed E-state index contributed by atoms with van der Waals surface area (Å²) in [6.45, 7) is 10.5. The summed E-state index contributed by atoms with van der Waals surface area (Å²) >= 11 is 0. The maximum absolute atomic E-state index is 10.5. The molecule has 31 heavy (non-hydrogen) atoms. The quantitative estimate of drug-likeness (QED) is 0.548. The summed E-state index contributed by atoms with van der Waals surface area (Å²) < 4.78 is 13.3. The predicted octanol–water partition coefficient (Wildman–Crippen LogP) is 4.68. The third kappa shape index (κ3) is 2.74. The Morgan fingerprint density at radius 3 is 2.58 bits per heavy atom. The van der Waals surface area contributed by atoms with E-state index in [0.29, 0.717) is 53.4 Å². The third-order valence-corrected chi connectivity index (χ3v) is 11.4. The van der Waals surface area contributed by atoms with Gasteiger partial charge in [-0.25, -0.2) is 0 Å². The Bertz CT molecular complexity index is 769. The lowest BCUT2D eigenvalue weighted by molar-refractivity contribution is -0.272. The van der Waals surface area contributed by atoms with Gasteiger partial charge in [-0.2, -0.15) is 0 Å². The number of ether oxygens (including phenoxy) is 2. The fraction of sp³-hybridized carbons (Fsp3) is 0.926. The van der Waals surface area contributed by atoms with Crippen molar-refractivity contribution >= 4 is 0 Å². The number of aliphatic hydroxyl groups is 2. The van der Waals surface area contributed by atoms with Gasteiger partial charge >= 0.3 is 0 Å². The Kier molecular flexibility index (Phi) is 4.64. The number of fused-ring (bicyclic) bond motifs is 7. The summed E-state index contributed by atoms with van der Waals surface area (Å²) in [6.07, 6.45) is 10.1. The molecule has 4 aliphatic carbocycles. The fourth-order valence-electron chi connectivity index (χ4n) is 9.71. The van der Waals surface area contributed by atoms with E-state index in [4.69, 9.17) is 9.47 Å². The molecule has 4 heteroatoms. The molecule has 6 rings (SSSR count). The monoisotopic (exact) mass is 430 g/mol. The Balaban J connectivity index is 1.28. The summed E-state index contributed by atoms with van der Waals surface area (Å²) in [5.74, 6) is 3.39. The Morgan fingerprint density at radius 2 is 1.84 bits per heavy atom. The molecule has 3 saturated carbocycles. The van der Waals surface area contributed by atoms with Crippen molar-refractivity contribution in [2.24, 2.45) is 46.3 Å². The van der Waals surface area contributed by atoms with Crippen LogP contribution in [0.1, 0.15) is 79.1 Å². The first-order valence-electron chi connectivity index (χ1n) is 13.1. The van der Waals surface area contributed by atoms with E-state index in [2.05, 4.69) is 33.8 Å². The highest BCUT2D eigenvalue weighted by atomic mass is 16.7. The highest BCUT2D eigenvalue weighted by molar-refractivity contribution is 5.27. The molecule has 1 unspecified atom stereocenters. The van der Waals surface area contributed by atoms with Crippen LogP contribution in [0.25, 0.3) is 0 Å². The molecule has 0 aromatic heterocycles. The summed E-state index contributed by atoms with van der Waals surface area (Å²) in [7, 11) is 0. The van der Waals surface area contributed by atoms with E-state index in [-0.39, 0.29) is 11.2 Å². The molecule has 2 aliphatic heterocycles. The lowest BCUT2D eigenvalue weighted by Gasteiger charge is -2.59. The van der Waals surface area contributed by atoms with Gasteiger partial charge in [0, 0.05) is 12.3 Å². The zero-order chi connectivity index (χ0) is 21.8. The molecule has 6 aliphatic rings. The zero-order valence-electron chi connectivity index (χ0n) is 19.8. The molecule has 0 aromatic rings. The average molecular weight is 431 g/mol. The van der Waals surface area contributed by atoms with Crippen LogP contribution < -0.4 is 0 Å². The van der Waals surface area contributed by atoms with Gasteiger partial charge in [-0.15, -0.1) is 0 Å². The molecule has 0 bridgehead atoms. The van der Waals surface area contributed by atoms with E-state index in [1.165, 1.54) is 31.3 Å². The van der Waals surface area contributed by atoms with Crippen molar-refractivity contribution in [3.8, 4) is 0 Å². The average Bonchev–Trinajstić information content (AvgIpc) is 3.16. The molecule has 2 N–H and O–H groups in total. The molecule has 174 valence electrons. The van der Waals surface area contributed by atoms with Crippen molar-refractivity contribution in [1.82, 2.24) is 0 Å². The van der Waals surface area contributed by atoms with Gasteiger partial charge in [-0.3, -0.25) is 0 Å². The van der Waals surface area contributed by atoms with E-state index >= 15 is 0 Å². The van der Waals surface area contributed by atoms with Gasteiger partial charge in [-0.1, -0.05) is 39.3 Å². The van der Waals surface area contributed by atoms with E-state index in [0.717, 1.165) is 25.9 Å². The molecule has 2 heterocycles. The second-order valence-electron chi connectivity index (χ2n) is 12.8. The van der Waals surface area contributed by atoms with Crippen LogP contribution in [-0.4, -0.2) is 40.9 Å². The van der Waals surface area contributed by atoms with Crippen LogP contribution >= 0.6 is 0 Å². The second-order valence-corrected chi connectivity index (χ2v) is 12.8. The molecule has 5 fully saturated rings. The maximum atomic E-state index is 10.5. The Hall–Kier alpha value is -0.420. The molecule has 4 nitrogen and oxygen atoms in total. The van der Waals surface area contributed by atoms with Crippen molar-refractivity contribution in [2.45, 2.75) is 103 Å². The molecule has 0 amide bonds. The number of allylic oxidation sites excluding steroid dienone is 1. The first kappa shape index (κ1) is 21.1. The van der Waals surface area contributed by atoms with Gasteiger partial charge in [0.25, 0.3) is 0 Å². The predicted molar refractivity (Wildman–Crippen MR) is 119 cm³/mol. The van der Waals surface area contributed by atoms with E-state index in [1.807, 2.05) is 0 Å². The van der Waals surface area contributed by atoms with Crippen LogP contribution in [0.2, 0.25) is 0 Å². The SMILES string of the molecule is C[C@@H]1CC[C@@]2(OC1)O[C@H]1C[C@H]3[C@@H]4CC=C5C[C@@H](O)[C@H](O)C[C@]5(C)C4CC[C@]3(C)[C@H]1[C@@H]2C. The Morgan fingerprint density at radius 1 is 1.03 bits per heavy atom. The zero-order valence-corrected chi connectivity index (χ0v) is 19.8. The molecule has 2 saturated heterocycles. The lowest BCUT2D eigenvalue weighted by atomic mass is 9.46. The van der Waals surface area contributed by atoms with Crippen molar-refractivity contribution in [3.63, 3.8) is 0 Å². The standard InChI is InChI=1S/C27H42O4/c1-15-7-10-27(30-14-15)16(2)24-23(31-27)12-20-18-6-5-17-11-21(28)22(29)13-26(17,4)19(18)8-9-25(20,24)3/h5,15-16,18-24,28-29H,6-14H2,1-4H3/t15-,16+,18-,19?,20+,21-,22-,23+,24+,25+,26+,27-/m1/s1. The highest BCUT2D eigenvalue weighted by Crippen LogP contribution is 2.70. The van der Waals surface area contributed by atoms with Crippen molar-refractivity contribution in [1.29, 1.82) is 0 Å². The fourth-order valence-corrected chi connectivity index (χ4v) is 9.71. The van der Waals surface area contributed by atoms with Crippen LogP contribution in [0.3, 0.4) is 0 Å². The van der Waals surface area contributed by atoms with Gasteiger partial charge in [0.2, 0.25) is 0 Å². The summed E-state index contributed by atoms with van der Waals surface area (Å²) in [5, 5.41) is 20.8. The number of hydrogen-bond donors (Lipinski definition) is 2. The van der Waals surface area contributed by atoms with E-state index in [1.54, 1.807) is 0 Å². The van der Waals surface area contributed by atoms with Crippen molar-refractivity contribution in [3.05, 3.63) is 11.6 Å². The molecule has 0 aromatic carbocycles. The minimum Gasteiger partial charge on any atom is -0.390 e. The lowest BCUT2D eigenvalue weighted by Crippen LogP contribution is -2.54. The molecule has 0 radical (unpaired) electrons. The minimum absolute atomic E-state index is 0.0525. The van der Waals surface area contributed by atoms with Crippen molar-refractivity contribution < 1.29 is 19.7 Å². The van der Waals surface area contributed by atoms with Crippen LogP contribution in [-0.2, 0) is 9.47 Å². The normalized spacial score (nSPS) is 60.7. The molecular formula is C27H42O4. The molecular weight excluding hydrogens is 388 g/mol. The summed E-state index contributed by atoms with van der Waals surface area (Å²) in [6, 6.07) is 0. The topological polar surface area (TPSA) is 58.9 Å². The summed E-state index contributed by atoms with van der Waals surface area (Å²) in [4.78, 5) is 0. The first-order chi connectivity index (χ1) is 14.7. The number of aliphatic hydroxyl groups excluding tert-OH is 2. The largest absolute Gasteiger partial charge is 0.390 e. The number of rotatable bonds is 0. The van der Waals surface area contributed by atoms with Gasteiger partial charge in [0.1, 0.15) is 0 Å². The van der Waals surface area contributed by atoms with Gasteiger partial charge in [0.05, 0.1) is 24.9 Å². The van der Waals surface area contributed by atoms with E-state index in [9.17, 15) is 10.2 Å². The maximum Gasteiger partial charge on any atom is 0.171 e. The van der Waals surface area contributed by atoms with Crippen LogP contribution in [0.4, 0.5) is 0 Å². The van der Waals surface area contributed by atoms with Gasteiger partial charge in [-0.05, 0) is 85.4 Å². The van der Waals surface area contributed by atoms with Gasteiger partial charge < -0.3 is 19.7 Å². The summed E-state index contributed by atoms with van der Waals surface area (Å²) in [5.41, 5.74) is 1.80. The molecule has 12 atom stereocenters. The molecule has 1 spiro atoms.